The fourth-order valence-electron chi connectivity index (χ4n) is 8.87. The van der Waals surface area contributed by atoms with E-state index >= 15 is 0 Å². The van der Waals surface area contributed by atoms with Crippen LogP contribution in [0.1, 0.15) is 27.8 Å². The number of nitrogens with zero attached hydrogens (tertiary/aromatic N) is 4. The molecule has 2 aromatic heterocycles. The van der Waals surface area contributed by atoms with Gasteiger partial charge in [-0.15, -0.1) is 0 Å². The van der Waals surface area contributed by atoms with Crippen molar-refractivity contribution in [2.75, 3.05) is 0 Å². The summed E-state index contributed by atoms with van der Waals surface area (Å²) in [7, 11) is 0. The maximum absolute atomic E-state index is 10.6. The van der Waals surface area contributed by atoms with Crippen LogP contribution in [-0.2, 0) is 5.41 Å². The van der Waals surface area contributed by atoms with E-state index in [1.807, 2.05) is 78.9 Å². The average Bonchev–Trinajstić information content (AvgIpc) is 3.83. The minimum absolute atomic E-state index is 0.522. The molecule has 0 fully saturated rings. The maximum atomic E-state index is 10.6. The summed E-state index contributed by atoms with van der Waals surface area (Å²) < 4.78 is 6.46. The van der Waals surface area contributed by atoms with Gasteiger partial charge in [0.25, 0.3) is 0 Å². The first kappa shape index (κ1) is 33.4. The fraction of sp³-hybridized carbons (Fsp3) is 0.0189. The van der Waals surface area contributed by atoms with Crippen molar-refractivity contribution in [3.05, 3.63) is 222 Å². The van der Waals surface area contributed by atoms with E-state index in [9.17, 15) is 5.26 Å². The van der Waals surface area contributed by atoms with Crippen molar-refractivity contribution in [3.63, 3.8) is 0 Å². The molecule has 270 valence electrons. The number of nitriles is 1. The third kappa shape index (κ3) is 5.13. The van der Waals surface area contributed by atoms with Gasteiger partial charge in [-0.2, -0.15) is 5.26 Å². The van der Waals surface area contributed by atoms with Crippen LogP contribution >= 0.6 is 0 Å². The zero-order valence-electron chi connectivity index (χ0n) is 31.2. The smallest absolute Gasteiger partial charge is 0.164 e. The predicted octanol–water partition coefficient (Wildman–Crippen LogP) is 12.7. The van der Waals surface area contributed by atoms with E-state index in [4.69, 9.17) is 19.4 Å². The lowest BCUT2D eigenvalue weighted by Gasteiger charge is -2.34. The highest BCUT2D eigenvalue weighted by Crippen LogP contribution is 2.59. The summed E-state index contributed by atoms with van der Waals surface area (Å²) in [6.45, 7) is 0. The third-order valence-electron chi connectivity index (χ3n) is 11.5. The van der Waals surface area contributed by atoms with Crippen LogP contribution in [0.4, 0.5) is 0 Å². The highest BCUT2D eigenvalue weighted by Gasteiger charge is 2.48. The molecule has 2 heterocycles. The molecule has 0 atom stereocenters. The maximum Gasteiger partial charge on any atom is 0.164 e. The Morgan fingerprint density at radius 3 is 1.50 bits per heavy atom. The number of benzene rings is 8. The van der Waals surface area contributed by atoms with E-state index in [2.05, 4.69) is 121 Å². The highest BCUT2D eigenvalue weighted by atomic mass is 16.3. The van der Waals surface area contributed by atoms with Gasteiger partial charge in [0, 0.05) is 27.5 Å². The molecule has 0 radical (unpaired) electrons. The van der Waals surface area contributed by atoms with E-state index in [0.29, 0.717) is 28.6 Å². The molecule has 5 heteroatoms. The Labute approximate surface area is 335 Å². The zero-order valence-corrected chi connectivity index (χ0v) is 31.2. The van der Waals surface area contributed by atoms with Gasteiger partial charge in [-0.25, -0.2) is 15.0 Å². The Balaban J connectivity index is 1.11. The minimum atomic E-state index is -0.714. The third-order valence-corrected chi connectivity index (χ3v) is 11.5. The van der Waals surface area contributed by atoms with Crippen molar-refractivity contribution in [2.45, 2.75) is 5.41 Å². The second-order valence-corrected chi connectivity index (χ2v) is 14.6. The molecule has 5 nitrogen and oxygen atoms in total. The van der Waals surface area contributed by atoms with Gasteiger partial charge in [-0.1, -0.05) is 176 Å². The summed E-state index contributed by atoms with van der Waals surface area (Å²) in [6.07, 6.45) is 0. The Morgan fingerprint density at radius 2 is 0.931 bits per heavy atom. The zero-order chi connectivity index (χ0) is 38.6. The molecule has 0 aliphatic heterocycles. The van der Waals surface area contributed by atoms with E-state index in [1.165, 1.54) is 0 Å². The van der Waals surface area contributed by atoms with Crippen LogP contribution in [0, 0.1) is 11.3 Å². The first-order valence-corrected chi connectivity index (χ1v) is 19.3. The number of hydrogen-bond donors (Lipinski definition) is 0. The number of para-hydroxylation sites is 1. The lowest BCUT2D eigenvalue weighted by atomic mass is 9.67. The Kier molecular flexibility index (Phi) is 7.70. The van der Waals surface area contributed by atoms with Crippen molar-refractivity contribution in [2.24, 2.45) is 0 Å². The normalized spacial score (nSPS) is 12.6. The van der Waals surface area contributed by atoms with Crippen molar-refractivity contribution >= 4 is 21.9 Å². The molecule has 58 heavy (non-hydrogen) atoms. The SMILES string of the molecule is N#Cc1cc2c(c3c1oc1ccccc13)-c1ccc(-c3ccc(-c4nc(-c5ccccc5)nc(-c5ccccc5)n4)cc3)cc1C2(c1ccccc1)c1ccccc1. The van der Waals surface area contributed by atoms with Gasteiger partial charge >= 0.3 is 0 Å². The standard InChI is InChI=1S/C53H32N4O/c54-33-39-32-45-47(48-43-23-13-14-24-46(43)58-49(39)48)42-30-29-38(31-44(42)53(45,40-19-9-3-10-20-40)41-21-11-4-12-22-41)34-25-27-37(28-26-34)52-56-50(35-15-5-1-6-16-35)55-51(57-52)36-17-7-2-8-18-36/h1-32H. The van der Waals surface area contributed by atoms with Gasteiger partial charge in [-0.05, 0) is 62.7 Å². The van der Waals surface area contributed by atoms with Crippen LogP contribution in [0.5, 0.6) is 0 Å². The molecule has 0 N–H and O–H groups in total. The summed E-state index contributed by atoms with van der Waals surface area (Å²) in [4.78, 5) is 14.8. The van der Waals surface area contributed by atoms with Crippen LogP contribution in [0.3, 0.4) is 0 Å². The Hall–Kier alpha value is -7.94. The predicted molar refractivity (Wildman–Crippen MR) is 231 cm³/mol. The number of aromatic nitrogens is 3. The minimum Gasteiger partial charge on any atom is -0.455 e. The molecule has 8 aromatic carbocycles. The second kappa shape index (κ2) is 13.4. The Morgan fingerprint density at radius 1 is 0.448 bits per heavy atom. The van der Waals surface area contributed by atoms with Crippen LogP contribution in [0.2, 0.25) is 0 Å². The molecule has 0 bridgehead atoms. The lowest BCUT2D eigenvalue weighted by molar-refractivity contribution is 0.667. The summed E-state index contributed by atoms with van der Waals surface area (Å²) >= 11 is 0. The quantitative estimate of drug-likeness (QED) is 0.170. The van der Waals surface area contributed by atoms with Crippen molar-refractivity contribution in [1.29, 1.82) is 5.26 Å². The molecule has 10 aromatic rings. The van der Waals surface area contributed by atoms with Gasteiger partial charge in [0.1, 0.15) is 11.7 Å². The topological polar surface area (TPSA) is 75.6 Å². The first-order valence-electron chi connectivity index (χ1n) is 19.3. The van der Waals surface area contributed by atoms with Crippen LogP contribution in [0.25, 0.3) is 78.4 Å². The lowest BCUT2D eigenvalue weighted by Crippen LogP contribution is -2.28. The number of furan rings is 1. The van der Waals surface area contributed by atoms with Gasteiger partial charge in [0.2, 0.25) is 0 Å². The van der Waals surface area contributed by atoms with Gasteiger partial charge < -0.3 is 4.42 Å². The highest BCUT2D eigenvalue weighted by molar-refractivity contribution is 6.17. The molecular formula is C53H32N4O. The van der Waals surface area contributed by atoms with E-state index in [0.717, 1.165) is 77.6 Å². The molecule has 1 aliphatic rings. The molecule has 11 rings (SSSR count). The first-order chi connectivity index (χ1) is 28.7. The molecule has 1 aliphatic carbocycles. The molecule has 0 spiro atoms. The molecule has 0 amide bonds. The van der Waals surface area contributed by atoms with E-state index in [-0.39, 0.29) is 0 Å². The fourth-order valence-corrected chi connectivity index (χ4v) is 8.87. The van der Waals surface area contributed by atoms with Gasteiger partial charge in [0.05, 0.1) is 11.0 Å². The van der Waals surface area contributed by atoms with Gasteiger partial charge in [-0.3, -0.25) is 0 Å². The van der Waals surface area contributed by atoms with Crippen molar-refractivity contribution in [1.82, 2.24) is 15.0 Å². The largest absolute Gasteiger partial charge is 0.455 e. The number of rotatable bonds is 6. The summed E-state index contributed by atoms with van der Waals surface area (Å²) in [5.74, 6) is 1.87. The molecule has 0 saturated heterocycles. The van der Waals surface area contributed by atoms with Gasteiger partial charge in [0.15, 0.2) is 23.1 Å². The van der Waals surface area contributed by atoms with E-state index < -0.39 is 5.41 Å². The van der Waals surface area contributed by atoms with E-state index in [1.54, 1.807) is 0 Å². The molecular weight excluding hydrogens is 709 g/mol. The summed E-state index contributed by atoms with van der Waals surface area (Å²) in [6, 6.07) is 69.4. The monoisotopic (exact) mass is 740 g/mol. The molecule has 0 saturated carbocycles. The summed E-state index contributed by atoms with van der Waals surface area (Å²) in [5, 5.41) is 12.6. The van der Waals surface area contributed by atoms with Crippen LogP contribution in [-0.4, -0.2) is 15.0 Å². The van der Waals surface area contributed by atoms with Crippen molar-refractivity contribution in [3.8, 4) is 62.5 Å². The second-order valence-electron chi connectivity index (χ2n) is 14.6. The Bertz CT molecular complexity index is 3110. The number of hydrogen-bond acceptors (Lipinski definition) is 5. The van der Waals surface area contributed by atoms with Crippen LogP contribution in [0.15, 0.2) is 199 Å². The average molecular weight is 741 g/mol. The van der Waals surface area contributed by atoms with Crippen molar-refractivity contribution < 1.29 is 4.42 Å². The molecule has 0 unspecified atom stereocenters. The summed E-state index contributed by atoms with van der Waals surface area (Å²) in [5.41, 5.74) is 12.8. The van der Waals surface area contributed by atoms with Crippen LogP contribution < -0.4 is 0 Å². The number of fused-ring (bicyclic) bond motifs is 7.